The highest BCUT2D eigenvalue weighted by atomic mass is 16.5. The van der Waals surface area contributed by atoms with Crippen LogP contribution in [0.15, 0.2) is 53.1 Å². The third kappa shape index (κ3) is 4.37. The first-order valence-electron chi connectivity index (χ1n) is 8.85. The summed E-state index contributed by atoms with van der Waals surface area (Å²) in [4.78, 5) is 25.9. The number of carbonyl (C=O) groups excluding carboxylic acids is 2. The van der Waals surface area contributed by atoms with E-state index in [9.17, 15) is 9.59 Å². The zero-order valence-corrected chi connectivity index (χ0v) is 15.8. The summed E-state index contributed by atoms with van der Waals surface area (Å²) >= 11 is 0. The molecule has 1 heterocycles. The minimum atomic E-state index is -0.447. The maximum atomic E-state index is 12.2. The van der Waals surface area contributed by atoms with E-state index in [0.29, 0.717) is 6.54 Å². The van der Waals surface area contributed by atoms with Gasteiger partial charge in [-0.05, 0) is 30.5 Å². The molecule has 0 aliphatic rings. The molecule has 3 rings (SSSR count). The fourth-order valence-corrected chi connectivity index (χ4v) is 2.93. The quantitative estimate of drug-likeness (QED) is 0.624. The number of benzene rings is 2. The molecule has 0 unspecified atom stereocenters. The Kier molecular flexibility index (Phi) is 5.60. The second-order valence-corrected chi connectivity index (χ2v) is 6.72. The van der Waals surface area contributed by atoms with Crippen molar-refractivity contribution in [2.45, 2.75) is 26.8 Å². The highest BCUT2D eigenvalue weighted by Crippen LogP contribution is 2.26. The predicted molar refractivity (Wildman–Crippen MR) is 103 cm³/mol. The van der Waals surface area contributed by atoms with E-state index in [1.807, 2.05) is 56.3 Å². The molecule has 5 heteroatoms. The number of carbonyl (C=O) groups is 2. The molecule has 0 N–H and O–H groups in total. The lowest BCUT2D eigenvalue weighted by Crippen LogP contribution is -2.31. The van der Waals surface area contributed by atoms with Crippen LogP contribution in [0.3, 0.4) is 0 Å². The third-order valence-electron chi connectivity index (χ3n) is 4.72. The SMILES string of the molecule is Cc1ccc2c(CC(=O)OCC(=O)N(C)Cc3ccccc3)coc2c1C. The lowest BCUT2D eigenvalue weighted by atomic mass is 10.0. The van der Waals surface area contributed by atoms with Gasteiger partial charge in [0.2, 0.25) is 0 Å². The summed E-state index contributed by atoms with van der Waals surface area (Å²) in [6.45, 7) is 4.21. The van der Waals surface area contributed by atoms with Gasteiger partial charge in [0.1, 0.15) is 5.58 Å². The molecule has 0 saturated carbocycles. The normalized spacial score (nSPS) is 10.8. The molecule has 0 bridgehead atoms. The van der Waals surface area contributed by atoms with Crippen LogP contribution in [0.1, 0.15) is 22.3 Å². The van der Waals surface area contributed by atoms with Crippen LogP contribution in [-0.2, 0) is 27.3 Å². The number of hydrogen-bond donors (Lipinski definition) is 0. The van der Waals surface area contributed by atoms with Crippen molar-refractivity contribution in [3.05, 3.63) is 71.0 Å². The van der Waals surface area contributed by atoms with Crippen LogP contribution in [0.25, 0.3) is 11.0 Å². The molecule has 0 fully saturated rings. The second kappa shape index (κ2) is 8.08. The number of likely N-dealkylation sites (N-methyl/N-ethyl adjacent to an activating group) is 1. The molecule has 0 aliphatic carbocycles. The number of nitrogens with zero attached hydrogens (tertiary/aromatic N) is 1. The highest BCUT2D eigenvalue weighted by molar-refractivity contribution is 5.89. The summed E-state index contributed by atoms with van der Waals surface area (Å²) in [6, 6.07) is 13.6. The monoisotopic (exact) mass is 365 g/mol. The lowest BCUT2D eigenvalue weighted by Gasteiger charge is -2.17. The van der Waals surface area contributed by atoms with Gasteiger partial charge >= 0.3 is 5.97 Å². The Morgan fingerprint density at radius 2 is 1.81 bits per heavy atom. The van der Waals surface area contributed by atoms with E-state index in [2.05, 4.69) is 0 Å². The van der Waals surface area contributed by atoms with Crippen molar-refractivity contribution in [2.75, 3.05) is 13.7 Å². The standard InChI is InChI=1S/C22H23NO4/c1-15-9-10-19-18(13-27-22(19)16(15)2)11-21(25)26-14-20(24)23(3)12-17-7-5-4-6-8-17/h4-10,13H,11-12,14H2,1-3H3. The molecule has 0 spiro atoms. The fourth-order valence-electron chi connectivity index (χ4n) is 2.93. The smallest absolute Gasteiger partial charge is 0.310 e. The lowest BCUT2D eigenvalue weighted by molar-refractivity contribution is -0.151. The number of amides is 1. The minimum absolute atomic E-state index is 0.0746. The predicted octanol–water partition coefficient (Wildman–Crippen LogP) is 3.79. The van der Waals surface area contributed by atoms with E-state index in [1.54, 1.807) is 18.2 Å². The van der Waals surface area contributed by atoms with Gasteiger partial charge in [0.15, 0.2) is 6.61 Å². The average molecular weight is 365 g/mol. The Morgan fingerprint density at radius 1 is 1.07 bits per heavy atom. The number of furan rings is 1. The Morgan fingerprint density at radius 3 is 2.56 bits per heavy atom. The van der Waals surface area contributed by atoms with E-state index in [4.69, 9.17) is 9.15 Å². The van der Waals surface area contributed by atoms with Crippen molar-refractivity contribution < 1.29 is 18.7 Å². The van der Waals surface area contributed by atoms with E-state index < -0.39 is 5.97 Å². The van der Waals surface area contributed by atoms with Crippen molar-refractivity contribution in [2.24, 2.45) is 0 Å². The van der Waals surface area contributed by atoms with E-state index >= 15 is 0 Å². The molecular formula is C22H23NO4. The number of hydrogen-bond acceptors (Lipinski definition) is 4. The van der Waals surface area contributed by atoms with Gasteiger partial charge < -0.3 is 14.1 Å². The second-order valence-electron chi connectivity index (χ2n) is 6.72. The van der Waals surface area contributed by atoms with Crippen molar-refractivity contribution in [3.8, 4) is 0 Å². The first-order chi connectivity index (χ1) is 13.0. The minimum Gasteiger partial charge on any atom is -0.464 e. The molecule has 2 aromatic carbocycles. The summed E-state index contributed by atoms with van der Waals surface area (Å²) in [5.74, 6) is -0.687. The summed E-state index contributed by atoms with van der Waals surface area (Å²) in [5.41, 5.74) is 4.78. The maximum Gasteiger partial charge on any atom is 0.310 e. The molecule has 1 amide bonds. The van der Waals surface area contributed by atoms with Crippen molar-refractivity contribution in [3.63, 3.8) is 0 Å². The Hall–Kier alpha value is -3.08. The van der Waals surface area contributed by atoms with Crippen LogP contribution in [0.5, 0.6) is 0 Å². The highest BCUT2D eigenvalue weighted by Gasteiger charge is 2.16. The zero-order chi connectivity index (χ0) is 19.4. The van der Waals surface area contributed by atoms with Crippen molar-refractivity contribution in [1.82, 2.24) is 4.90 Å². The first-order valence-corrected chi connectivity index (χ1v) is 8.85. The van der Waals surface area contributed by atoms with Crippen LogP contribution in [0.2, 0.25) is 0 Å². The Labute approximate surface area is 158 Å². The number of esters is 1. The van der Waals surface area contributed by atoms with Gasteiger partial charge in [-0.1, -0.05) is 42.5 Å². The largest absolute Gasteiger partial charge is 0.464 e. The molecule has 0 aliphatic heterocycles. The number of rotatable bonds is 6. The molecular weight excluding hydrogens is 342 g/mol. The van der Waals surface area contributed by atoms with Gasteiger partial charge in [0.05, 0.1) is 12.7 Å². The van der Waals surface area contributed by atoms with Crippen molar-refractivity contribution >= 4 is 22.8 Å². The van der Waals surface area contributed by atoms with Crippen LogP contribution in [-0.4, -0.2) is 30.4 Å². The summed E-state index contributed by atoms with van der Waals surface area (Å²) < 4.78 is 10.8. The Bertz CT molecular complexity index is 959. The average Bonchev–Trinajstić information content (AvgIpc) is 3.07. The van der Waals surface area contributed by atoms with Crippen LogP contribution in [0.4, 0.5) is 0 Å². The van der Waals surface area contributed by atoms with Gasteiger partial charge in [-0.15, -0.1) is 0 Å². The molecule has 0 saturated heterocycles. The van der Waals surface area contributed by atoms with Gasteiger partial charge in [0.25, 0.3) is 5.91 Å². The van der Waals surface area contributed by atoms with E-state index in [0.717, 1.165) is 33.2 Å². The number of aryl methyl sites for hydroxylation is 2. The first kappa shape index (κ1) is 18.7. The molecule has 140 valence electrons. The molecule has 0 atom stereocenters. The van der Waals surface area contributed by atoms with E-state index in [-0.39, 0.29) is 18.9 Å². The fraction of sp³-hybridized carbons (Fsp3) is 0.273. The van der Waals surface area contributed by atoms with Crippen molar-refractivity contribution in [1.29, 1.82) is 0 Å². The zero-order valence-electron chi connectivity index (χ0n) is 15.8. The molecule has 1 aromatic heterocycles. The molecule has 27 heavy (non-hydrogen) atoms. The van der Waals surface area contributed by atoms with Crippen LogP contribution in [0, 0.1) is 13.8 Å². The maximum absolute atomic E-state index is 12.2. The van der Waals surface area contributed by atoms with Gasteiger partial charge in [0, 0.05) is 24.5 Å². The van der Waals surface area contributed by atoms with Gasteiger partial charge in [-0.2, -0.15) is 0 Å². The Balaban J connectivity index is 1.55. The molecule has 3 aromatic rings. The van der Waals surface area contributed by atoms with E-state index in [1.165, 1.54) is 0 Å². The van der Waals surface area contributed by atoms with Crippen LogP contribution >= 0.6 is 0 Å². The summed E-state index contributed by atoms with van der Waals surface area (Å²) in [5, 5.41) is 0.905. The summed E-state index contributed by atoms with van der Waals surface area (Å²) in [6.07, 6.45) is 1.66. The number of ether oxygens (including phenoxy) is 1. The van der Waals surface area contributed by atoms with Gasteiger partial charge in [-0.3, -0.25) is 9.59 Å². The molecule has 5 nitrogen and oxygen atoms in total. The summed E-state index contributed by atoms with van der Waals surface area (Å²) in [7, 11) is 1.69. The topological polar surface area (TPSA) is 59.8 Å². The van der Waals surface area contributed by atoms with Gasteiger partial charge in [-0.25, -0.2) is 0 Å². The third-order valence-corrected chi connectivity index (χ3v) is 4.72. The number of fused-ring (bicyclic) bond motifs is 1. The molecule has 0 radical (unpaired) electrons. The van der Waals surface area contributed by atoms with Crippen LogP contribution < -0.4 is 0 Å².